The Hall–Kier alpha value is -5.49. The predicted molar refractivity (Wildman–Crippen MR) is 172 cm³/mol. The molecule has 0 fully saturated rings. The van der Waals surface area contributed by atoms with E-state index in [0.29, 0.717) is 23.9 Å². The first kappa shape index (κ1) is 30.0. The summed E-state index contributed by atoms with van der Waals surface area (Å²) in [5, 5.41) is 0. The second-order valence-corrected chi connectivity index (χ2v) is 9.90. The van der Waals surface area contributed by atoms with E-state index in [4.69, 9.17) is 23.7 Å². The third-order valence-electron chi connectivity index (χ3n) is 6.85. The third kappa shape index (κ3) is 7.86. The largest absolute Gasteiger partial charge is 0.493 e. The van der Waals surface area contributed by atoms with Gasteiger partial charge in [-0.3, -0.25) is 4.79 Å². The molecule has 0 amide bonds. The number of carbonyl (C=O) groups is 1. The van der Waals surface area contributed by atoms with Gasteiger partial charge in [-0.05, 0) is 40.5 Å². The van der Waals surface area contributed by atoms with Gasteiger partial charge in [0.2, 0.25) is 5.75 Å². The van der Waals surface area contributed by atoms with Gasteiger partial charge >= 0.3 is 0 Å². The number of ether oxygens (including phenoxy) is 5. The first-order chi connectivity index (χ1) is 21.6. The quantitative estimate of drug-likeness (QED) is 0.0963. The molecular formula is C38H34O6. The summed E-state index contributed by atoms with van der Waals surface area (Å²) in [6.07, 6.45) is 3.25. The van der Waals surface area contributed by atoms with Crippen molar-refractivity contribution in [2.75, 3.05) is 14.2 Å². The number of rotatable bonds is 14. The molecule has 6 heteroatoms. The van der Waals surface area contributed by atoms with Gasteiger partial charge in [-0.1, -0.05) is 109 Å². The molecule has 222 valence electrons. The maximum atomic E-state index is 13.8. The van der Waals surface area contributed by atoms with E-state index in [1.165, 1.54) is 13.2 Å². The molecule has 0 spiro atoms. The van der Waals surface area contributed by atoms with E-state index in [1.54, 1.807) is 19.3 Å². The normalized spacial score (nSPS) is 10.8. The van der Waals surface area contributed by atoms with E-state index < -0.39 is 0 Å². The van der Waals surface area contributed by atoms with Gasteiger partial charge in [0.15, 0.2) is 17.3 Å². The number of allylic oxidation sites excluding steroid dienone is 1. The molecule has 0 unspecified atom stereocenters. The fraction of sp³-hybridized carbons (Fsp3) is 0.132. The van der Waals surface area contributed by atoms with Gasteiger partial charge in [0, 0.05) is 6.07 Å². The number of hydrogen-bond acceptors (Lipinski definition) is 6. The van der Waals surface area contributed by atoms with Crippen LogP contribution in [0.1, 0.15) is 32.6 Å². The highest BCUT2D eigenvalue weighted by Crippen LogP contribution is 2.46. The zero-order valence-corrected chi connectivity index (χ0v) is 24.8. The number of ketones is 1. The standard InChI is InChI=1S/C38H34O6/c1-40-35-24-34(43-26-30-14-8-4-9-15-30)36(38(41-2)37(35)44-27-31-16-10-5-11-17-31)33(39)23-20-28-18-21-32(22-19-28)42-25-29-12-6-3-7-13-29/h3-24H,25-27H2,1-2H3/b23-20+. The fourth-order valence-electron chi connectivity index (χ4n) is 4.56. The van der Waals surface area contributed by atoms with Crippen molar-refractivity contribution < 1.29 is 28.5 Å². The van der Waals surface area contributed by atoms with Crippen molar-refractivity contribution >= 4 is 11.9 Å². The summed E-state index contributed by atoms with van der Waals surface area (Å²) in [7, 11) is 3.04. The van der Waals surface area contributed by atoms with E-state index in [0.717, 1.165) is 28.0 Å². The van der Waals surface area contributed by atoms with Crippen LogP contribution in [0.15, 0.2) is 127 Å². The Bertz CT molecular complexity index is 1660. The average Bonchev–Trinajstić information content (AvgIpc) is 3.09. The highest BCUT2D eigenvalue weighted by Gasteiger charge is 2.26. The number of carbonyl (C=O) groups excluding carboxylic acids is 1. The van der Waals surface area contributed by atoms with Crippen molar-refractivity contribution in [2.24, 2.45) is 0 Å². The number of benzene rings is 5. The Morgan fingerprint density at radius 2 is 1.09 bits per heavy atom. The molecule has 0 N–H and O–H groups in total. The Morgan fingerprint density at radius 1 is 0.568 bits per heavy atom. The SMILES string of the molecule is COc1cc(OCc2ccccc2)c(C(=O)/C=C/c2ccc(OCc3ccccc3)cc2)c(OC)c1OCc1ccccc1. The molecule has 0 bridgehead atoms. The van der Waals surface area contributed by atoms with Crippen LogP contribution >= 0.6 is 0 Å². The van der Waals surface area contributed by atoms with Crippen LogP contribution in [0.4, 0.5) is 0 Å². The zero-order chi connectivity index (χ0) is 30.6. The molecule has 0 aromatic heterocycles. The Labute approximate surface area is 258 Å². The molecule has 0 radical (unpaired) electrons. The van der Waals surface area contributed by atoms with Crippen molar-refractivity contribution in [3.8, 4) is 28.7 Å². The van der Waals surface area contributed by atoms with Gasteiger partial charge < -0.3 is 23.7 Å². The second kappa shape index (κ2) is 15.1. The average molecular weight is 587 g/mol. The Kier molecular flexibility index (Phi) is 10.3. The first-order valence-corrected chi connectivity index (χ1v) is 14.3. The van der Waals surface area contributed by atoms with Crippen LogP contribution in [0.2, 0.25) is 0 Å². The maximum absolute atomic E-state index is 13.8. The third-order valence-corrected chi connectivity index (χ3v) is 6.85. The van der Waals surface area contributed by atoms with E-state index in [2.05, 4.69) is 0 Å². The minimum absolute atomic E-state index is 0.239. The lowest BCUT2D eigenvalue weighted by Gasteiger charge is -2.20. The van der Waals surface area contributed by atoms with Gasteiger partial charge in [-0.2, -0.15) is 0 Å². The lowest BCUT2D eigenvalue weighted by molar-refractivity contribution is 0.103. The molecule has 44 heavy (non-hydrogen) atoms. The summed E-state index contributed by atoms with van der Waals surface area (Å²) in [5.41, 5.74) is 4.09. The van der Waals surface area contributed by atoms with E-state index in [-0.39, 0.29) is 30.3 Å². The summed E-state index contributed by atoms with van der Waals surface area (Å²) in [4.78, 5) is 13.8. The summed E-state index contributed by atoms with van der Waals surface area (Å²) < 4.78 is 29.7. The molecule has 5 aromatic carbocycles. The van der Waals surface area contributed by atoms with Crippen LogP contribution < -0.4 is 23.7 Å². The summed E-state index contributed by atoms with van der Waals surface area (Å²) in [6.45, 7) is 0.998. The monoisotopic (exact) mass is 586 g/mol. The first-order valence-electron chi connectivity index (χ1n) is 14.3. The van der Waals surface area contributed by atoms with Crippen molar-refractivity contribution in [3.63, 3.8) is 0 Å². The van der Waals surface area contributed by atoms with E-state index >= 15 is 0 Å². The van der Waals surface area contributed by atoms with Crippen molar-refractivity contribution in [3.05, 3.63) is 155 Å². The molecule has 0 aliphatic heterocycles. The lowest BCUT2D eigenvalue weighted by atomic mass is 10.0. The molecule has 6 nitrogen and oxygen atoms in total. The molecule has 0 aliphatic rings. The van der Waals surface area contributed by atoms with Crippen LogP contribution in [0, 0.1) is 0 Å². The van der Waals surface area contributed by atoms with Crippen LogP contribution in [0.3, 0.4) is 0 Å². The van der Waals surface area contributed by atoms with Gasteiger partial charge in [-0.25, -0.2) is 0 Å². The highest BCUT2D eigenvalue weighted by atomic mass is 16.5. The summed E-state index contributed by atoms with van der Waals surface area (Å²) >= 11 is 0. The topological polar surface area (TPSA) is 63.2 Å². The highest BCUT2D eigenvalue weighted by molar-refractivity contribution is 6.11. The molecule has 0 atom stereocenters. The second-order valence-electron chi connectivity index (χ2n) is 9.90. The van der Waals surface area contributed by atoms with Crippen molar-refractivity contribution in [1.82, 2.24) is 0 Å². The Morgan fingerprint density at radius 3 is 1.61 bits per heavy atom. The minimum Gasteiger partial charge on any atom is -0.493 e. The molecule has 0 saturated carbocycles. The van der Waals surface area contributed by atoms with Crippen LogP contribution in [-0.4, -0.2) is 20.0 Å². The molecule has 0 aliphatic carbocycles. The molecule has 0 saturated heterocycles. The fourth-order valence-corrected chi connectivity index (χ4v) is 4.56. The minimum atomic E-state index is -0.304. The summed E-state index contributed by atoms with van der Waals surface area (Å²) in [5.74, 6) is 1.72. The smallest absolute Gasteiger partial charge is 0.204 e. The van der Waals surface area contributed by atoms with Gasteiger partial charge in [0.25, 0.3) is 0 Å². The molecule has 0 heterocycles. The van der Waals surface area contributed by atoms with Crippen LogP contribution in [0.5, 0.6) is 28.7 Å². The van der Waals surface area contributed by atoms with E-state index in [9.17, 15) is 4.79 Å². The lowest BCUT2D eigenvalue weighted by Crippen LogP contribution is -2.09. The van der Waals surface area contributed by atoms with Gasteiger partial charge in [-0.15, -0.1) is 0 Å². The van der Waals surface area contributed by atoms with Gasteiger partial charge in [0.1, 0.15) is 36.9 Å². The maximum Gasteiger partial charge on any atom is 0.204 e. The molecule has 5 rings (SSSR count). The number of hydrogen-bond donors (Lipinski definition) is 0. The molecule has 5 aromatic rings. The van der Waals surface area contributed by atoms with Gasteiger partial charge in [0.05, 0.1) is 14.2 Å². The van der Waals surface area contributed by atoms with E-state index in [1.807, 2.05) is 115 Å². The van der Waals surface area contributed by atoms with Crippen molar-refractivity contribution in [1.29, 1.82) is 0 Å². The summed E-state index contributed by atoms with van der Waals surface area (Å²) in [6, 6.07) is 38.7. The number of methoxy groups -OCH3 is 2. The Balaban J connectivity index is 1.41. The van der Waals surface area contributed by atoms with Crippen LogP contribution in [-0.2, 0) is 19.8 Å². The van der Waals surface area contributed by atoms with Crippen molar-refractivity contribution in [2.45, 2.75) is 19.8 Å². The van der Waals surface area contributed by atoms with Crippen LogP contribution in [0.25, 0.3) is 6.08 Å². The predicted octanol–water partition coefficient (Wildman–Crippen LogP) is 8.34. The zero-order valence-electron chi connectivity index (χ0n) is 24.8. The molecular weight excluding hydrogens is 552 g/mol.